The number of anilines is 2. The number of hydrogen-bond donors (Lipinski definition) is 1. The molecule has 0 spiro atoms. The van der Waals surface area contributed by atoms with E-state index in [-0.39, 0.29) is 6.42 Å². The molecule has 0 amide bonds. The number of ether oxygens (including phenoxy) is 1. The van der Waals surface area contributed by atoms with Crippen LogP contribution in [0.5, 0.6) is 0 Å². The van der Waals surface area contributed by atoms with E-state index >= 15 is 0 Å². The first kappa shape index (κ1) is 19.3. The summed E-state index contributed by atoms with van der Waals surface area (Å²) < 4.78 is 46.0. The molecule has 0 aliphatic rings. The van der Waals surface area contributed by atoms with E-state index in [9.17, 15) is 12.8 Å². The molecule has 0 aliphatic heterocycles. The lowest BCUT2D eigenvalue weighted by molar-refractivity contribution is 0.148. The average Bonchev–Trinajstić information content (AvgIpc) is 3.21. The van der Waals surface area contributed by atoms with Crippen molar-refractivity contribution >= 4 is 43.2 Å². The van der Waals surface area contributed by atoms with Crippen molar-refractivity contribution in [2.24, 2.45) is 0 Å². The first-order chi connectivity index (χ1) is 14.1. The number of nitrogens with one attached hydrogen (secondary N) is 1. The minimum atomic E-state index is -4.05. The molecular weight excluding hydrogens is 395 g/mol. The second-order valence-electron chi connectivity index (χ2n) is 6.45. The zero-order chi connectivity index (χ0) is 20.4. The quantitative estimate of drug-likeness (QED) is 0.495. The minimum absolute atomic E-state index is 0.257. The molecule has 4 aromatic rings. The summed E-state index contributed by atoms with van der Waals surface area (Å²) in [4.78, 5) is 4.33. The Morgan fingerprint density at radius 1 is 1.10 bits per heavy atom. The zero-order valence-electron chi connectivity index (χ0n) is 15.6. The maximum absolute atomic E-state index is 13.4. The lowest BCUT2D eigenvalue weighted by Gasteiger charge is -2.28. The molecule has 150 valence electrons. The van der Waals surface area contributed by atoms with Gasteiger partial charge in [-0.25, -0.2) is 17.7 Å². The van der Waals surface area contributed by atoms with E-state index in [1.807, 2.05) is 6.07 Å². The maximum atomic E-state index is 13.4. The van der Waals surface area contributed by atoms with E-state index < -0.39 is 22.1 Å². The van der Waals surface area contributed by atoms with Crippen LogP contribution in [0.3, 0.4) is 0 Å². The number of nitrogens with zero attached hydrogens (tertiary/aromatic N) is 3. The predicted molar refractivity (Wildman–Crippen MR) is 110 cm³/mol. The molecule has 29 heavy (non-hydrogen) atoms. The standard InChI is InChI=1S/C20H19FN4O3S/c1-28-19(9-10-21)29(26,27)25(15-5-3-2-4-6-15)16-7-8-17-14(11-16)12-22-20-18(17)13-23-24-20/h2-8,11-13,19H,9-10H2,1H3,(H,22,23,24). The maximum Gasteiger partial charge on any atom is 0.266 e. The molecule has 4 rings (SSSR count). The molecule has 0 bridgehead atoms. The molecule has 9 heteroatoms. The van der Waals surface area contributed by atoms with E-state index in [4.69, 9.17) is 4.74 Å². The van der Waals surface area contributed by atoms with Crippen molar-refractivity contribution in [2.75, 3.05) is 18.1 Å². The molecule has 7 nitrogen and oxygen atoms in total. The molecular formula is C20H19FN4O3S. The van der Waals surface area contributed by atoms with Crippen molar-refractivity contribution in [3.05, 3.63) is 60.9 Å². The van der Waals surface area contributed by atoms with Crippen LogP contribution >= 0.6 is 0 Å². The Morgan fingerprint density at radius 3 is 2.62 bits per heavy atom. The number of benzene rings is 2. The van der Waals surface area contributed by atoms with Gasteiger partial charge < -0.3 is 4.74 Å². The number of H-pyrrole nitrogens is 1. The van der Waals surface area contributed by atoms with Gasteiger partial charge in [-0.2, -0.15) is 5.10 Å². The molecule has 1 N–H and O–H groups in total. The predicted octanol–water partition coefficient (Wildman–Crippen LogP) is 3.91. The number of methoxy groups -OCH3 is 1. The van der Waals surface area contributed by atoms with E-state index in [1.54, 1.807) is 54.9 Å². The highest BCUT2D eigenvalue weighted by molar-refractivity contribution is 7.93. The highest BCUT2D eigenvalue weighted by Crippen LogP contribution is 2.34. The first-order valence-corrected chi connectivity index (χ1v) is 10.5. The van der Waals surface area contributed by atoms with Crippen molar-refractivity contribution in [3.8, 4) is 0 Å². The topological polar surface area (TPSA) is 88.2 Å². The fraction of sp³-hybridized carbons (Fsp3) is 0.200. The molecule has 0 saturated carbocycles. The Kier molecular flexibility index (Phi) is 5.16. The van der Waals surface area contributed by atoms with E-state index in [2.05, 4.69) is 15.2 Å². The van der Waals surface area contributed by atoms with Crippen molar-refractivity contribution in [1.82, 2.24) is 15.2 Å². The average molecular weight is 414 g/mol. The van der Waals surface area contributed by atoms with Crippen LogP contribution in [0, 0.1) is 0 Å². The summed E-state index contributed by atoms with van der Waals surface area (Å²) in [6.45, 7) is -0.805. The van der Waals surface area contributed by atoms with E-state index in [0.29, 0.717) is 17.0 Å². The highest BCUT2D eigenvalue weighted by atomic mass is 32.2. The second-order valence-corrected chi connectivity index (χ2v) is 8.37. The number of halogens is 1. The molecule has 0 radical (unpaired) electrons. The SMILES string of the molecule is COC(CCF)S(=O)(=O)N(c1ccccc1)c1ccc2c(cnc3[nH]ncc32)c1. The van der Waals surface area contributed by atoms with Gasteiger partial charge in [0.15, 0.2) is 11.1 Å². The normalized spacial score (nSPS) is 13.0. The number of sulfonamides is 1. The van der Waals surface area contributed by atoms with Crippen LogP contribution in [0.1, 0.15) is 6.42 Å². The van der Waals surface area contributed by atoms with Crippen LogP contribution in [-0.4, -0.2) is 42.8 Å². The number of hydrogen-bond acceptors (Lipinski definition) is 5. The van der Waals surface area contributed by atoms with Gasteiger partial charge in [-0.05, 0) is 29.7 Å². The second kappa shape index (κ2) is 7.76. The highest BCUT2D eigenvalue weighted by Gasteiger charge is 2.33. The van der Waals surface area contributed by atoms with Crippen molar-refractivity contribution in [1.29, 1.82) is 0 Å². The third-order valence-corrected chi connectivity index (χ3v) is 6.72. The zero-order valence-corrected chi connectivity index (χ0v) is 16.4. The lowest BCUT2D eigenvalue weighted by Crippen LogP contribution is -2.37. The van der Waals surface area contributed by atoms with Crippen LogP contribution in [0.25, 0.3) is 21.8 Å². The van der Waals surface area contributed by atoms with Crippen LogP contribution in [-0.2, 0) is 14.8 Å². The molecule has 0 saturated heterocycles. The van der Waals surface area contributed by atoms with Gasteiger partial charge in [-0.15, -0.1) is 0 Å². The van der Waals surface area contributed by atoms with Crippen molar-refractivity contribution in [3.63, 3.8) is 0 Å². The number of rotatable bonds is 7. The summed E-state index contributed by atoms with van der Waals surface area (Å²) in [5.74, 6) is 0. The summed E-state index contributed by atoms with van der Waals surface area (Å²) >= 11 is 0. The Morgan fingerprint density at radius 2 is 1.90 bits per heavy atom. The molecule has 0 aliphatic carbocycles. The molecule has 2 heterocycles. The van der Waals surface area contributed by atoms with Crippen LogP contribution in [0.15, 0.2) is 60.9 Å². The fourth-order valence-electron chi connectivity index (χ4n) is 3.34. The summed E-state index contributed by atoms with van der Waals surface area (Å²) in [5, 5.41) is 9.31. The molecule has 1 atom stereocenters. The van der Waals surface area contributed by atoms with Gasteiger partial charge >= 0.3 is 0 Å². The van der Waals surface area contributed by atoms with Crippen molar-refractivity contribution in [2.45, 2.75) is 11.9 Å². The van der Waals surface area contributed by atoms with Gasteiger partial charge in [-0.3, -0.25) is 9.49 Å². The molecule has 2 aromatic carbocycles. The van der Waals surface area contributed by atoms with Gasteiger partial charge in [0.25, 0.3) is 10.0 Å². The lowest BCUT2D eigenvalue weighted by atomic mass is 10.1. The first-order valence-electron chi connectivity index (χ1n) is 8.96. The van der Waals surface area contributed by atoms with Gasteiger partial charge in [0.1, 0.15) is 0 Å². The molecule has 1 unspecified atom stereocenters. The summed E-state index contributed by atoms with van der Waals surface area (Å²) in [7, 11) is -2.78. The van der Waals surface area contributed by atoms with Gasteiger partial charge in [-0.1, -0.05) is 24.3 Å². The molecule has 2 aromatic heterocycles. The monoisotopic (exact) mass is 414 g/mol. The number of aromatic nitrogens is 3. The largest absolute Gasteiger partial charge is 0.363 e. The van der Waals surface area contributed by atoms with Gasteiger partial charge in [0, 0.05) is 30.5 Å². The number of fused-ring (bicyclic) bond motifs is 3. The third-order valence-electron chi connectivity index (χ3n) is 4.70. The van der Waals surface area contributed by atoms with Crippen LogP contribution < -0.4 is 4.31 Å². The van der Waals surface area contributed by atoms with E-state index in [1.165, 1.54) is 11.4 Å². The van der Waals surface area contributed by atoms with Crippen LogP contribution in [0.2, 0.25) is 0 Å². The van der Waals surface area contributed by atoms with Crippen molar-refractivity contribution < 1.29 is 17.5 Å². The summed E-state index contributed by atoms with van der Waals surface area (Å²) in [5.41, 5.74) is 0.192. The Hall–Kier alpha value is -3.04. The Labute approximate surface area is 167 Å². The minimum Gasteiger partial charge on any atom is -0.363 e. The number of para-hydroxylation sites is 1. The van der Waals surface area contributed by atoms with Gasteiger partial charge in [0.05, 0.1) is 24.2 Å². The number of pyridine rings is 1. The van der Waals surface area contributed by atoms with E-state index in [0.717, 1.165) is 16.2 Å². The van der Waals surface area contributed by atoms with Crippen LogP contribution in [0.4, 0.5) is 15.8 Å². The number of alkyl halides is 1. The summed E-state index contributed by atoms with van der Waals surface area (Å²) in [6.07, 6.45) is 3.08. The third kappa shape index (κ3) is 3.43. The number of aromatic amines is 1. The summed E-state index contributed by atoms with van der Waals surface area (Å²) in [6, 6.07) is 13.9. The van der Waals surface area contributed by atoms with Gasteiger partial charge in [0.2, 0.25) is 0 Å². The Balaban J connectivity index is 1.90. The Bertz CT molecular complexity index is 1240. The molecule has 0 fully saturated rings. The smallest absolute Gasteiger partial charge is 0.266 e. The fourth-order valence-corrected chi connectivity index (χ4v) is 5.03.